The second kappa shape index (κ2) is 8.46. The standard InChI is InChI=1S/C20H19N3O4S2/c1-14(24)21-16-7-9-17(10-8-16)22-20(25)15-5-11-18(12-6-15)23(2)29(26,27)19-4-3-13-28-19/h3-13H,1-2H3,(H,21,24)(H,22,25). The number of benzene rings is 2. The summed E-state index contributed by atoms with van der Waals surface area (Å²) in [6.45, 7) is 1.42. The molecule has 2 amide bonds. The van der Waals surface area contributed by atoms with Crippen LogP contribution in [0.5, 0.6) is 0 Å². The van der Waals surface area contributed by atoms with Crippen molar-refractivity contribution in [3.8, 4) is 0 Å². The van der Waals surface area contributed by atoms with Crippen molar-refractivity contribution in [1.82, 2.24) is 0 Å². The van der Waals surface area contributed by atoms with Crippen molar-refractivity contribution < 1.29 is 18.0 Å². The molecule has 0 bridgehead atoms. The van der Waals surface area contributed by atoms with E-state index in [2.05, 4.69) is 10.6 Å². The Labute approximate surface area is 173 Å². The minimum Gasteiger partial charge on any atom is -0.326 e. The number of nitrogens with zero attached hydrogens (tertiary/aromatic N) is 1. The smallest absolute Gasteiger partial charge is 0.273 e. The van der Waals surface area contributed by atoms with E-state index in [4.69, 9.17) is 0 Å². The lowest BCUT2D eigenvalue weighted by atomic mass is 10.2. The highest BCUT2D eigenvalue weighted by molar-refractivity contribution is 7.94. The van der Waals surface area contributed by atoms with Crippen LogP contribution in [0.2, 0.25) is 0 Å². The minimum absolute atomic E-state index is 0.173. The average molecular weight is 430 g/mol. The van der Waals surface area contributed by atoms with Crippen molar-refractivity contribution in [3.63, 3.8) is 0 Å². The first kappa shape index (κ1) is 20.6. The number of nitrogens with one attached hydrogen (secondary N) is 2. The van der Waals surface area contributed by atoms with Crippen molar-refractivity contribution in [2.45, 2.75) is 11.1 Å². The van der Waals surface area contributed by atoms with Crippen LogP contribution in [0.3, 0.4) is 0 Å². The number of thiophene rings is 1. The van der Waals surface area contributed by atoms with Gasteiger partial charge >= 0.3 is 0 Å². The van der Waals surface area contributed by atoms with Gasteiger partial charge in [0, 0.05) is 30.9 Å². The molecule has 3 rings (SSSR count). The molecule has 1 aromatic heterocycles. The third-order valence-corrected chi connectivity index (χ3v) is 7.22. The van der Waals surface area contributed by atoms with Gasteiger partial charge in [0.05, 0.1) is 5.69 Å². The van der Waals surface area contributed by atoms with E-state index < -0.39 is 10.0 Å². The van der Waals surface area contributed by atoms with Gasteiger partial charge in [0.15, 0.2) is 0 Å². The van der Waals surface area contributed by atoms with Gasteiger partial charge in [0.1, 0.15) is 4.21 Å². The summed E-state index contributed by atoms with van der Waals surface area (Å²) in [6, 6.07) is 16.3. The fourth-order valence-corrected chi connectivity index (χ4v) is 4.91. The van der Waals surface area contributed by atoms with Crippen molar-refractivity contribution >= 4 is 50.2 Å². The van der Waals surface area contributed by atoms with E-state index in [1.54, 1.807) is 66.0 Å². The van der Waals surface area contributed by atoms with Gasteiger partial charge in [-0.2, -0.15) is 0 Å². The molecule has 0 aliphatic carbocycles. The molecule has 3 aromatic rings. The Morgan fingerprint density at radius 2 is 1.48 bits per heavy atom. The molecule has 2 N–H and O–H groups in total. The monoisotopic (exact) mass is 429 g/mol. The number of hydrogen-bond acceptors (Lipinski definition) is 5. The molecule has 0 saturated heterocycles. The highest BCUT2D eigenvalue weighted by atomic mass is 32.2. The zero-order valence-electron chi connectivity index (χ0n) is 15.7. The predicted octanol–water partition coefficient (Wildman–Crippen LogP) is 3.78. The second-order valence-corrected chi connectivity index (χ2v) is 9.31. The molecular formula is C20H19N3O4S2. The lowest BCUT2D eigenvalue weighted by Gasteiger charge is -2.18. The van der Waals surface area contributed by atoms with E-state index in [-0.39, 0.29) is 16.0 Å². The number of carbonyl (C=O) groups is 2. The second-order valence-electron chi connectivity index (χ2n) is 6.16. The predicted molar refractivity (Wildman–Crippen MR) is 115 cm³/mol. The molecule has 0 saturated carbocycles. The Hall–Kier alpha value is -3.17. The van der Waals surface area contributed by atoms with Crippen LogP contribution < -0.4 is 14.9 Å². The third-order valence-electron chi connectivity index (χ3n) is 4.07. The summed E-state index contributed by atoms with van der Waals surface area (Å²) in [6.07, 6.45) is 0. The lowest BCUT2D eigenvalue weighted by molar-refractivity contribution is -0.114. The van der Waals surface area contributed by atoms with Crippen molar-refractivity contribution in [2.24, 2.45) is 0 Å². The first-order valence-corrected chi connectivity index (χ1v) is 10.9. The topological polar surface area (TPSA) is 95.6 Å². The lowest BCUT2D eigenvalue weighted by Crippen LogP contribution is -2.25. The first-order chi connectivity index (χ1) is 13.8. The molecule has 1 heterocycles. The molecule has 0 atom stereocenters. The number of hydrogen-bond donors (Lipinski definition) is 2. The van der Waals surface area contributed by atoms with Gasteiger partial charge in [0.25, 0.3) is 15.9 Å². The van der Waals surface area contributed by atoms with Crippen LogP contribution in [0, 0.1) is 0 Å². The van der Waals surface area contributed by atoms with Gasteiger partial charge in [-0.25, -0.2) is 8.42 Å². The largest absolute Gasteiger partial charge is 0.326 e. The highest BCUT2D eigenvalue weighted by Crippen LogP contribution is 2.25. The third kappa shape index (κ3) is 4.82. The molecule has 29 heavy (non-hydrogen) atoms. The van der Waals surface area contributed by atoms with E-state index in [1.165, 1.54) is 18.3 Å². The van der Waals surface area contributed by atoms with E-state index in [0.29, 0.717) is 22.6 Å². The first-order valence-electron chi connectivity index (χ1n) is 8.59. The van der Waals surface area contributed by atoms with E-state index in [9.17, 15) is 18.0 Å². The Balaban J connectivity index is 1.69. The molecule has 2 aromatic carbocycles. The molecule has 0 aliphatic rings. The summed E-state index contributed by atoms with van der Waals surface area (Å²) in [5, 5.41) is 7.11. The van der Waals surface area contributed by atoms with Gasteiger partial charge in [-0.05, 0) is 60.0 Å². The van der Waals surface area contributed by atoms with Gasteiger partial charge in [0.2, 0.25) is 5.91 Å². The van der Waals surface area contributed by atoms with Crippen LogP contribution >= 0.6 is 11.3 Å². The molecule has 0 aliphatic heterocycles. The SMILES string of the molecule is CC(=O)Nc1ccc(NC(=O)c2ccc(N(C)S(=O)(=O)c3cccs3)cc2)cc1. The van der Waals surface area contributed by atoms with E-state index >= 15 is 0 Å². The van der Waals surface area contributed by atoms with Crippen molar-refractivity contribution in [2.75, 3.05) is 22.0 Å². The van der Waals surface area contributed by atoms with Gasteiger partial charge in [-0.15, -0.1) is 11.3 Å². The summed E-state index contributed by atoms with van der Waals surface area (Å²) in [5.41, 5.74) is 2.05. The summed E-state index contributed by atoms with van der Waals surface area (Å²) < 4.78 is 26.6. The number of carbonyl (C=O) groups excluding carboxylic acids is 2. The van der Waals surface area contributed by atoms with Crippen molar-refractivity contribution in [1.29, 1.82) is 0 Å². The molecule has 0 unspecified atom stereocenters. The Bertz CT molecular complexity index is 1110. The molecule has 0 spiro atoms. The molecule has 0 radical (unpaired) electrons. The maximum absolute atomic E-state index is 12.6. The number of sulfonamides is 1. The van der Waals surface area contributed by atoms with Crippen LogP contribution in [-0.2, 0) is 14.8 Å². The van der Waals surface area contributed by atoms with Gasteiger partial charge < -0.3 is 10.6 Å². The molecule has 0 fully saturated rings. The van der Waals surface area contributed by atoms with Crippen LogP contribution in [0.4, 0.5) is 17.1 Å². The van der Waals surface area contributed by atoms with Crippen molar-refractivity contribution in [3.05, 3.63) is 71.6 Å². The zero-order valence-corrected chi connectivity index (χ0v) is 17.4. The van der Waals surface area contributed by atoms with Gasteiger partial charge in [-0.3, -0.25) is 13.9 Å². The fourth-order valence-electron chi connectivity index (χ4n) is 2.55. The fraction of sp³-hybridized carbons (Fsp3) is 0.100. The normalized spacial score (nSPS) is 11.0. The summed E-state index contributed by atoms with van der Waals surface area (Å²) in [7, 11) is -2.15. The van der Waals surface area contributed by atoms with Crippen LogP contribution in [-0.4, -0.2) is 27.3 Å². The highest BCUT2D eigenvalue weighted by Gasteiger charge is 2.22. The van der Waals surface area contributed by atoms with E-state index in [1.807, 2.05) is 0 Å². The number of amides is 2. The number of anilines is 3. The molecular weight excluding hydrogens is 410 g/mol. The maximum atomic E-state index is 12.6. The molecule has 9 heteroatoms. The Morgan fingerprint density at radius 1 is 0.897 bits per heavy atom. The Morgan fingerprint density at radius 3 is 2.00 bits per heavy atom. The minimum atomic E-state index is -3.62. The maximum Gasteiger partial charge on any atom is 0.273 e. The summed E-state index contributed by atoms with van der Waals surface area (Å²) >= 11 is 1.15. The Kier molecular flexibility index (Phi) is 6.00. The number of rotatable bonds is 6. The average Bonchev–Trinajstić information content (AvgIpc) is 3.24. The van der Waals surface area contributed by atoms with Crippen LogP contribution in [0.25, 0.3) is 0 Å². The van der Waals surface area contributed by atoms with Crippen LogP contribution in [0.15, 0.2) is 70.3 Å². The summed E-state index contributed by atoms with van der Waals surface area (Å²) in [5.74, 6) is -0.500. The van der Waals surface area contributed by atoms with E-state index in [0.717, 1.165) is 11.3 Å². The molecule has 150 valence electrons. The van der Waals surface area contributed by atoms with Crippen LogP contribution in [0.1, 0.15) is 17.3 Å². The van der Waals surface area contributed by atoms with Gasteiger partial charge in [-0.1, -0.05) is 6.07 Å². The quantitative estimate of drug-likeness (QED) is 0.623. The molecule has 7 nitrogen and oxygen atoms in total. The zero-order chi connectivity index (χ0) is 21.0. The summed E-state index contributed by atoms with van der Waals surface area (Å²) in [4.78, 5) is 23.5.